The summed E-state index contributed by atoms with van der Waals surface area (Å²) in [5, 5.41) is 9.82. The van der Waals surface area contributed by atoms with Crippen molar-refractivity contribution in [2.45, 2.75) is 26.4 Å². The molecule has 0 saturated carbocycles. The normalized spacial score (nSPS) is 17.1. The lowest BCUT2D eigenvalue weighted by atomic mass is 10.2. The average Bonchev–Trinajstić information content (AvgIpc) is 3.18. The third-order valence-corrected chi connectivity index (χ3v) is 6.11. The van der Waals surface area contributed by atoms with Crippen LogP contribution in [0.5, 0.6) is 0 Å². The van der Waals surface area contributed by atoms with Gasteiger partial charge in [0.15, 0.2) is 0 Å². The number of hydrogen-bond donors (Lipinski definition) is 1. The van der Waals surface area contributed by atoms with E-state index < -0.39 is 0 Å². The molecule has 4 rings (SSSR count). The molecule has 0 bridgehead atoms. The van der Waals surface area contributed by atoms with Crippen molar-refractivity contribution in [2.24, 2.45) is 0 Å². The van der Waals surface area contributed by atoms with E-state index in [1.165, 1.54) is 11.3 Å². The highest BCUT2D eigenvalue weighted by molar-refractivity contribution is 7.20. The van der Waals surface area contributed by atoms with E-state index in [0.717, 1.165) is 51.0 Å². The highest BCUT2D eigenvalue weighted by atomic mass is 35.5. The zero-order chi connectivity index (χ0) is 18.3. The van der Waals surface area contributed by atoms with E-state index in [4.69, 9.17) is 11.6 Å². The second-order valence-corrected chi connectivity index (χ2v) is 8.27. The van der Waals surface area contributed by atoms with Crippen molar-refractivity contribution in [3.63, 3.8) is 0 Å². The number of nitrogens with one attached hydrogen (secondary N) is 1. The van der Waals surface area contributed by atoms with E-state index in [1.807, 2.05) is 46.8 Å². The van der Waals surface area contributed by atoms with Crippen molar-refractivity contribution in [3.8, 4) is 0 Å². The molecule has 1 atom stereocenters. The van der Waals surface area contributed by atoms with E-state index >= 15 is 0 Å². The van der Waals surface area contributed by atoms with Crippen LogP contribution in [0.25, 0.3) is 10.2 Å². The summed E-state index contributed by atoms with van der Waals surface area (Å²) < 4.78 is 1.98. The minimum atomic E-state index is 0. The molecule has 2 aromatic heterocycles. The van der Waals surface area contributed by atoms with Crippen LogP contribution in [0.4, 0.5) is 0 Å². The largest absolute Gasteiger partial charge is 0.335 e. The number of thiophene rings is 1. The van der Waals surface area contributed by atoms with Gasteiger partial charge in [0.25, 0.3) is 5.91 Å². The van der Waals surface area contributed by atoms with Gasteiger partial charge in [-0.25, -0.2) is 0 Å². The summed E-state index contributed by atoms with van der Waals surface area (Å²) in [6.07, 6.45) is 0. The Balaban J connectivity index is 0.00000210. The summed E-state index contributed by atoms with van der Waals surface area (Å²) in [4.78, 5) is 16.7. The topological polar surface area (TPSA) is 50.2 Å². The summed E-state index contributed by atoms with van der Waals surface area (Å²) in [6.45, 7) is 7.13. The highest BCUT2D eigenvalue weighted by Crippen LogP contribution is 2.30. The first-order valence-corrected chi connectivity index (χ1v) is 9.95. The predicted octanol–water partition coefficient (Wildman–Crippen LogP) is 3.96. The Morgan fingerprint density at radius 3 is 2.81 bits per heavy atom. The highest BCUT2D eigenvalue weighted by Gasteiger charge is 2.24. The summed E-state index contributed by atoms with van der Waals surface area (Å²) >= 11 is 7.50. The van der Waals surface area contributed by atoms with Crippen molar-refractivity contribution in [1.82, 2.24) is 20.0 Å². The molecule has 1 fully saturated rings. The monoisotopic (exact) mass is 424 g/mol. The lowest BCUT2D eigenvalue weighted by molar-refractivity contribution is 0.0714. The Bertz CT molecular complexity index is 951. The fraction of sp³-hybridized carbons (Fsp3) is 0.368. The number of aryl methyl sites for hydroxylation is 1. The number of aromatic nitrogens is 2. The van der Waals surface area contributed by atoms with Gasteiger partial charge in [-0.2, -0.15) is 5.10 Å². The zero-order valence-electron chi connectivity index (χ0n) is 15.2. The number of carbonyl (C=O) groups excluding carboxylic acids is 1. The smallest absolute Gasteiger partial charge is 0.264 e. The van der Waals surface area contributed by atoms with Crippen LogP contribution in [0, 0.1) is 6.92 Å². The Kier molecular flexibility index (Phi) is 6.11. The Morgan fingerprint density at radius 2 is 2.11 bits per heavy atom. The van der Waals surface area contributed by atoms with Gasteiger partial charge in [-0.1, -0.05) is 23.7 Å². The van der Waals surface area contributed by atoms with E-state index in [-0.39, 0.29) is 18.3 Å². The second-order valence-electron chi connectivity index (χ2n) is 6.81. The van der Waals surface area contributed by atoms with Crippen LogP contribution in [-0.4, -0.2) is 46.3 Å². The van der Waals surface area contributed by atoms with Gasteiger partial charge in [0.1, 0.15) is 4.83 Å². The van der Waals surface area contributed by atoms with Gasteiger partial charge in [-0.3, -0.25) is 9.48 Å². The number of rotatable bonds is 3. The van der Waals surface area contributed by atoms with Crippen molar-refractivity contribution in [1.29, 1.82) is 0 Å². The van der Waals surface area contributed by atoms with Crippen LogP contribution in [0.1, 0.15) is 27.9 Å². The summed E-state index contributed by atoms with van der Waals surface area (Å²) in [6, 6.07) is 10.1. The molecule has 0 radical (unpaired) electrons. The molecule has 1 aliphatic rings. The SMILES string of the molecule is Cc1nn(Cc2ccc(Cl)cc2)c2sc(C(=O)N3CCNC(C)C3)cc12.Cl. The molecule has 1 saturated heterocycles. The van der Waals surface area contributed by atoms with Crippen LogP contribution in [-0.2, 0) is 6.54 Å². The molecule has 27 heavy (non-hydrogen) atoms. The first-order valence-electron chi connectivity index (χ1n) is 8.75. The van der Waals surface area contributed by atoms with E-state index in [2.05, 4.69) is 17.3 Å². The molecule has 144 valence electrons. The van der Waals surface area contributed by atoms with E-state index in [9.17, 15) is 4.79 Å². The molecule has 1 amide bonds. The maximum Gasteiger partial charge on any atom is 0.264 e. The third-order valence-electron chi connectivity index (χ3n) is 4.72. The fourth-order valence-electron chi connectivity index (χ4n) is 3.36. The summed E-state index contributed by atoms with van der Waals surface area (Å²) in [5.41, 5.74) is 2.09. The maximum absolute atomic E-state index is 12.9. The number of benzene rings is 1. The predicted molar refractivity (Wildman–Crippen MR) is 114 cm³/mol. The van der Waals surface area contributed by atoms with Crippen molar-refractivity contribution in [3.05, 3.63) is 51.5 Å². The van der Waals surface area contributed by atoms with Crippen LogP contribution < -0.4 is 5.32 Å². The zero-order valence-corrected chi connectivity index (χ0v) is 17.6. The van der Waals surface area contributed by atoms with Gasteiger partial charge in [0.2, 0.25) is 0 Å². The van der Waals surface area contributed by atoms with Gasteiger partial charge >= 0.3 is 0 Å². The van der Waals surface area contributed by atoms with E-state index in [0.29, 0.717) is 12.6 Å². The Labute approximate surface area is 173 Å². The summed E-state index contributed by atoms with van der Waals surface area (Å²) in [5.74, 6) is 0.122. The van der Waals surface area contributed by atoms with Crippen LogP contribution in [0.15, 0.2) is 30.3 Å². The molecule has 1 aliphatic heterocycles. The number of piperazine rings is 1. The lowest BCUT2D eigenvalue weighted by Crippen LogP contribution is -2.51. The Morgan fingerprint density at radius 1 is 1.37 bits per heavy atom. The van der Waals surface area contributed by atoms with Gasteiger partial charge in [0.05, 0.1) is 17.1 Å². The molecule has 0 aliphatic carbocycles. The standard InChI is InChI=1S/C19H21ClN4OS.ClH/c1-12-10-23(8-7-21-12)18(25)17-9-16-13(2)22-24(19(16)26-17)11-14-3-5-15(20)6-4-14;/h3-6,9,12,21H,7-8,10-11H2,1-2H3;1H. The van der Waals surface area contributed by atoms with Gasteiger partial charge in [-0.05, 0) is 37.6 Å². The molecular weight excluding hydrogens is 403 g/mol. The molecule has 8 heteroatoms. The van der Waals surface area contributed by atoms with Crippen molar-refractivity contribution in [2.75, 3.05) is 19.6 Å². The molecule has 1 N–H and O–H groups in total. The minimum absolute atomic E-state index is 0. The third kappa shape index (κ3) is 4.14. The van der Waals surface area contributed by atoms with Crippen LogP contribution >= 0.6 is 35.3 Å². The summed E-state index contributed by atoms with van der Waals surface area (Å²) in [7, 11) is 0. The number of fused-ring (bicyclic) bond motifs is 1. The molecule has 0 spiro atoms. The molecule has 3 heterocycles. The van der Waals surface area contributed by atoms with Crippen molar-refractivity contribution < 1.29 is 4.79 Å². The van der Waals surface area contributed by atoms with E-state index in [1.54, 1.807) is 0 Å². The fourth-order valence-corrected chi connectivity index (χ4v) is 4.62. The molecule has 3 aromatic rings. The van der Waals surface area contributed by atoms with Crippen LogP contribution in [0.2, 0.25) is 5.02 Å². The quantitative estimate of drug-likeness (QED) is 0.691. The number of nitrogens with zero attached hydrogens (tertiary/aromatic N) is 3. The number of halogens is 2. The molecule has 5 nitrogen and oxygen atoms in total. The second kappa shape index (κ2) is 8.19. The maximum atomic E-state index is 12.9. The molecular formula is C19H22Cl2N4OS. The van der Waals surface area contributed by atoms with Gasteiger partial charge < -0.3 is 10.2 Å². The van der Waals surface area contributed by atoms with Gasteiger partial charge in [-0.15, -0.1) is 23.7 Å². The number of amides is 1. The minimum Gasteiger partial charge on any atom is -0.335 e. The lowest BCUT2D eigenvalue weighted by Gasteiger charge is -2.31. The molecule has 1 aromatic carbocycles. The first-order chi connectivity index (χ1) is 12.5. The van der Waals surface area contributed by atoms with Crippen molar-refractivity contribution >= 4 is 51.5 Å². The van der Waals surface area contributed by atoms with Gasteiger partial charge in [0, 0.05) is 36.1 Å². The molecule has 1 unspecified atom stereocenters. The Hall–Kier alpha value is -1.60. The number of carbonyl (C=O) groups is 1. The average molecular weight is 425 g/mol. The van der Waals surface area contributed by atoms with Crippen LogP contribution in [0.3, 0.4) is 0 Å². The number of hydrogen-bond acceptors (Lipinski definition) is 4. The first kappa shape index (κ1) is 20.1.